The Morgan fingerprint density at radius 2 is 2.25 bits per heavy atom. The van der Waals surface area contributed by atoms with Crippen molar-refractivity contribution in [2.45, 2.75) is 13.5 Å². The second-order valence-electron chi connectivity index (χ2n) is 2.58. The predicted octanol–water partition coefficient (Wildman–Crippen LogP) is 1.44. The van der Waals surface area contributed by atoms with Gasteiger partial charge in [0.2, 0.25) is 0 Å². The first kappa shape index (κ1) is 8.87. The minimum absolute atomic E-state index is 0.0321. The number of aliphatic hydroxyl groups is 1. The van der Waals surface area contributed by atoms with Crippen LogP contribution in [0.3, 0.4) is 0 Å². The number of aliphatic hydroxyl groups excluding tert-OH is 1. The van der Waals surface area contributed by atoms with Crippen LogP contribution in [0, 0.1) is 12.7 Å². The Morgan fingerprint density at radius 3 is 2.75 bits per heavy atom. The minimum atomic E-state index is -0.584. The first-order valence-electron chi connectivity index (χ1n) is 3.54. The van der Waals surface area contributed by atoms with Gasteiger partial charge >= 0.3 is 0 Å². The Balaban J connectivity index is 3.25. The summed E-state index contributed by atoms with van der Waals surface area (Å²) in [6.07, 6.45) is 0.462. The third-order valence-electron chi connectivity index (χ3n) is 1.75. The lowest BCUT2D eigenvalue weighted by Gasteiger charge is -2.03. The highest BCUT2D eigenvalue weighted by Crippen LogP contribution is 2.13. The summed E-state index contributed by atoms with van der Waals surface area (Å²) in [6.45, 7) is 1.51. The number of carbonyl (C=O) groups excluding carboxylic acids is 1. The van der Waals surface area contributed by atoms with Gasteiger partial charge in [0.05, 0.1) is 12.2 Å². The molecule has 12 heavy (non-hydrogen) atoms. The molecule has 0 aliphatic carbocycles. The fourth-order valence-electron chi connectivity index (χ4n) is 1.01. The molecular weight excluding hydrogens is 159 g/mol. The van der Waals surface area contributed by atoms with Gasteiger partial charge in [0.1, 0.15) is 5.82 Å². The first-order chi connectivity index (χ1) is 5.69. The van der Waals surface area contributed by atoms with Crippen molar-refractivity contribution in [3.05, 3.63) is 34.6 Å². The van der Waals surface area contributed by atoms with Gasteiger partial charge in [-0.3, -0.25) is 4.79 Å². The smallest absolute Gasteiger partial charge is 0.153 e. The van der Waals surface area contributed by atoms with Gasteiger partial charge < -0.3 is 5.11 Å². The van der Waals surface area contributed by atoms with Gasteiger partial charge in [0, 0.05) is 0 Å². The molecule has 0 radical (unpaired) electrons. The lowest BCUT2D eigenvalue weighted by atomic mass is 10.1. The van der Waals surface area contributed by atoms with Gasteiger partial charge in [0.25, 0.3) is 0 Å². The lowest BCUT2D eigenvalue weighted by molar-refractivity contribution is 0.111. The van der Waals surface area contributed by atoms with E-state index < -0.39 is 5.82 Å². The molecule has 0 atom stereocenters. The molecule has 1 aromatic carbocycles. The maximum atomic E-state index is 12.9. The highest BCUT2D eigenvalue weighted by Gasteiger charge is 2.04. The topological polar surface area (TPSA) is 37.3 Å². The van der Waals surface area contributed by atoms with E-state index in [-0.39, 0.29) is 12.2 Å². The van der Waals surface area contributed by atoms with Crippen LogP contribution in [-0.2, 0) is 6.61 Å². The zero-order valence-electron chi connectivity index (χ0n) is 6.67. The molecule has 0 amide bonds. The molecule has 3 heteroatoms. The second kappa shape index (κ2) is 3.45. The summed E-state index contributed by atoms with van der Waals surface area (Å²) in [6, 6.07) is 2.60. The average Bonchev–Trinajstić information content (AvgIpc) is 2.08. The van der Waals surface area contributed by atoms with E-state index in [1.807, 2.05) is 0 Å². The van der Waals surface area contributed by atoms with Crippen LogP contribution in [0.25, 0.3) is 0 Å². The van der Waals surface area contributed by atoms with E-state index in [1.54, 1.807) is 6.92 Å². The highest BCUT2D eigenvalue weighted by atomic mass is 19.1. The van der Waals surface area contributed by atoms with Crippen LogP contribution in [-0.4, -0.2) is 11.4 Å². The van der Waals surface area contributed by atoms with Gasteiger partial charge in [-0.05, 0) is 30.2 Å². The number of aryl methyl sites for hydroxylation is 1. The molecule has 0 saturated carbocycles. The highest BCUT2D eigenvalue weighted by molar-refractivity contribution is 5.75. The van der Waals surface area contributed by atoms with Crippen molar-refractivity contribution in [1.29, 1.82) is 0 Å². The van der Waals surface area contributed by atoms with E-state index in [9.17, 15) is 9.18 Å². The molecule has 0 bridgehead atoms. The van der Waals surface area contributed by atoms with E-state index in [4.69, 9.17) is 5.11 Å². The lowest BCUT2D eigenvalue weighted by Crippen LogP contribution is -1.95. The zero-order valence-corrected chi connectivity index (χ0v) is 6.67. The van der Waals surface area contributed by atoms with Crippen molar-refractivity contribution >= 4 is 6.29 Å². The van der Waals surface area contributed by atoms with Crippen LogP contribution < -0.4 is 0 Å². The van der Waals surface area contributed by atoms with E-state index in [0.717, 1.165) is 5.56 Å². The van der Waals surface area contributed by atoms with Crippen LogP contribution in [0.4, 0.5) is 4.39 Å². The fourth-order valence-corrected chi connectivity index (χ4v) is 1.01. The summed E-state index contributed by atoms with van der Waals surface area (Å²) in [4.78, 5) is 10.3. The summed E-state index contributed by atoms with van der Waals surface area (Å²) in [7, 11) is 0. The molecule has 0 aliphatic rings. The average molecular weight is 168 g/mol. The monoisotopic (exact) mass is 168 g/mol. The third kappa shape index (κ3) is 1.51. The van der Waals surface area contributed by atoms with Crippen LogP contribution in [0.5, 0.6) is 0 Å². The number of halogens is 1. The van der Waals surface area contributed by atoms with Crippen molar-refractivity contribution in [2.24, 2.45) is 0 Å². The van der Waals surface area contributed by atoms with Gasteiger partial charge in [-0.2, -0.15) is 0 Å². The van der Waals surface area contributed by atoms with E-state index >= 15 is 0 Å². The Morgan fingerprint density at radius 1 is 1.58 bits per heavy atom. The molecule has 0 spiro atoms. The molecule has 0 saturated heterocycles. The summed E-state index contributed by atoms with van der Waals surface area (Å²) < 4.78 is 12.9. The zero-order chi connectivity index (χ0) is 9.14. The Hall–Kier alpha value is -1.22. The number of rotatable bonds is 2. The molecule has 1 aromatic rings. The van der Waals surface area contributed by atoms with E-state index in [1.165, 1.54) is 12.1 Å². The molecule has 0 aliphatic heterocycles. The minimum Gasteiger partial charge on any atom is -0.392 e. The maximum Gasteiger partial charge on any atom is 0.153 e. The predicted molar refractivity (Wildman–Crippen MR) is 42.4 cm³/mol. The third-order valence-corrected chi connectivity index (χ3v) is 1.75. The van der Waals surface area contributed by atoms with Crippen molar-refractivity contribution < 1.29 is 14.3 Å². The van der Waals surface area contributed by atoms with Crippen molar-refractivity contribution in [1.82, 2.24) is 0 Å². The number of hydrogen-bond acceptors (Lipinski definition) is 2. The molecule has 0 heterocycles. The molecule has 1 rings (SSSR count). The molecule has 64 valence electrons. The van der Waals surface area contributed by atoms with Crippen molar-refractivity contribution in [3.8, 4) is 0 Å². The molecule has 0 fully saturated rings. The molecule has 1 N–H and O–H groups in total. The summed E-state index contributed by atoms with van der Waals surface area (Å²) in [5.41, 5.74) is 1.27. The number of aldehydes is 1. The van der Waals surface area contributed by atoms with Gasteiger partial charge in [0.15, 0.2) is 6.29 Å². The molecular formula is C9H9FO2. The number of hydrogen-bond donors (Lipinski definition) is 1. The number of benzene rings is 1. The first-order valence-corrected chi connectivity index (χ1v) is 3.54. The summed E-state index contributed by atoms with van der Waals surface area (Å²) >= 11 is 0. The van der Waals surface area contributed by atoms with Crippen LogP contribution >= 0.6 is 0 Å². The number of carbonyl (C=O) groups is 1. The molecule has 0 aromatic heterocycles. The van der Waals surface area contributed by atoms with Crippen LogP contribution in [0.1, 0.15) is 21.5 Å². The van der Waals surface area contributed by atoms with Crippen LogP contribution in [0.2, 0.25) is 0 Å². The SMILES string of the molecule is Cc1cc(C=O)c(F)cc1CO. The Kier molecular flexibility index (Phi) is 2.55. The standard InChI is InChI=1S/C9H9FO2/c1-6-2-8(5-12)9(10)3-7(6)4-11/h2-3,5,11H,4H2,1H3. The second-order valence-corrected chi connectivity index (χ2v) is 2.58. The normalized spacial score (nSPS) is 9.92. The van der Waals surface area contributed by atoms with E-state index in [0.29, 0.717) is 11.8 Å². The van der Waals surface area contributed by atoms with Gasteiger partial charge in [-0.25, -0.2) is 4.39 Å². The van der Waals surface area contributed by atoms with Gasteiger partial charge in [-0.1, -0.05) is 0 Å². The maximum absolute atomic E-state index is 12.9. The molecule has 2 nitrogen and oxygen atoms in total. The van der Waals surface area contributed by atoms with Crippen LogP contribution in [0.15, 0.2) is 12.1 Å². The summed E-state index contributed by atoms with van der Waals surface area (Å²) in [5.74, 6) is -0.584. The summed E-state index contributed by atoms with van der Waals surface area (Å²) in [5, 5.41) is 8.75. The van der Waals surface area contributed by atoms with Gasteiger partial charge in [-0.15, -0.1) is 0 Å². The Labute approximate surface area is 69.6 Å². The van der Waals surface area contributed by atoms with Crippen molar-refractivity contribution in [3.63, 3.8) is 0 Å². The largest absolute Gasteiger partial charge is 0.392 e. The Bertz CT molecular complexity index is 308. The van der Waals surface area contributed by atoms with E-state index in [2.05, 4.69) is 0 Å². The van der Waals surface area contributed by atoms with Crippen molar-refractivity contribution in [2.75, 3.05) is 0 Å². The quantitative estimate of drug-likeness (QED) is 0.678. The molecule has 0 unspecified atom stereocenters. The fraction of sp³-hybridized carbons (Fsp3) is 0.222.